The van der Waals surface area contributed by atoms with Crippen molar-refractivity contribution in [2.24, 2.45) is 11.1 Å². The first kappa shape index (κ1) is 24.8. The molecule has 36 heavy (non-hydrogen) atoms. The summed E-state index contributed by atoms with van der Waals surface area (Å²) in [4.78, 5) is 48.2. The summed E-state index contributed by atoms with van der Waals surface area (Å²) in [6, 6.07) is 6.07. The fourth-order valence-electron chi connectivity index (χ4n) is 3.65. The summed E-state index contributed by atoms with van der Waals surface area (Å²) < 4.78 is 40.3. The molecule has 0 saturated heterocycles. The van der Waals surface area contributed by atoms with Crippen molar-refractivity contribution in [2.75, 3.05) is 5.32 Å². The highest BCUT2D eigenvalue weighted by atomic mass is 19.4. The van der Waals surface area contributed by atoms with Crippen LogP contribution in [0.15, 0.2) is 55.2 Å². The van der Waals surface area contributed by atoms with Gasteiger partial charge >= 0.3 is 6.18 Å². The van der Waals surface area contributed by atoms with Gasteiger partial charge in [-0.3, -0.25) is 19.4 Å². The molecule has 3 aromatic rings. The van der Waals surface area contributed by atoms with Gasteiger partial charge in [-0.1, -0.05) is 0 Å². The minimum atomic E-state index is -4.71. The summed E-state index contributed by atoms with van der Waals surface area (Å²) in [6.07, 6.45) is 1.99. The first-order valence-electron chi connectivity index (χ1n) is 10.9. The molecule has 2 amide bonds. The van der Waals surface area contributed by atoms with Gasteiger partial charge in [0.1, 0.15) is 6.33 Å². The number of alkyl halides is 3. The average Bonchev–Trinajstić information content (AvgIpc) is 3.64. The minimum absolute atomic E-state index is 0.0541. The van der Waals surface area contributed by atoms with E-state index in [4.69, 9.17) is 5.73 Å². The fourth-order valence-corrected chi connectivity index (χ4v) is 3.65. The summed E-state index contributed by atoms with van der Waals surface area (Å²) >= 11 is 0. The molecule has 0 spiro atoms. The largest absolute Gasteiger partial charge is 0.418 e. The number of hydrogen-bond acceptors (Lipinski definition) is 7. The first-order chi connectivity index (χ1) is 17.1. The molecule has 12 heteroatoms. The fraction of sp³-hybridized carbons (Fsp3) is 0.250. The Morgan fingerprint density at radius 2 is 1.72 bits per heavy atom. The number of benzene rings is 1. The second-order valence-electron chi connectivity index (χ2n) is 8.48. The molecule has 0 unspecified atom stereocenters. The predicted octanol–water partition coefficient (Wildman–Crippen LogP) is 3.40. The Labute approximate surface area is 203 Å². The van der Waals surface area contributed by atoms with Crippen molar-refractivity contribution < 1.29 is 27.6 Å². The van der Waals surface area contributed by atoms with Gasteiger partial charge in [-0.2, -0.15) is 13.2 Å². The lowest BCUT2D eigenvalue weighted by Gasteiger charge is -2.16. The summed E-state index contributed by atoms with van der Waals surface area (Å²) in [6.45, 7) is 0.0879. The maximum absolute atomic E-state index is 13.4. The van der Waals surface area contributed by atoms with Crippen LogP contribution in [0, 0.1) is 5.41 Å². The van der Waals surface area contributed by atoms with Gasteiger partial charge in [-0.25, -0.2) is 9.97 Å². The highest BCUT2D eigenvalue weighted by Crippen LogP contribution is 2.49. The van der Waals surface area contributed by atoms with E-state index in [1.54, 1.807) is 6.07 Å². The molecule has 0 atom stereocenters. The number of carbonyl (C=O) groups is 3. The number of halogens is 3. The van der Waals surface area contributed by atoms with E-state index in [-0.39, 0.29) is 41.6 Å². The number of aromatic nitrogens is 3. The van der Waals surface area contributed by atoms with E-state index in [0.29, 0.717) is 30.2 Å². The summed E-state index contributed by atoms with van der Waals surface area (Å²) in [5, 5.41) is 5.41. The SMILES string of the molecule is NC(=O)c1ccc(Nc2ccc(CNC(=O)C3(CC(=O)c4cncnc4)CC3)nc2)c(C(F)(F)F)c1. The molecule has 9 nitrogen and oxygen atoms in total. The van der Waals surface area contributed by atoms with Gasteiger partial charge in [0.05, 0.1) is 46.4 Å². The number of pyridine rings is 1. The first-order valence-corrected chi connectivity index (χ1v) is 10.9. The Bertz CT molecular complexity index is 1290. The molecular weight excluding hydrogens is 477 g/mol. The van der Waals surface area contributed by atoms with Crippen LogP contribution in [0.4, 0.5) is 24.5 Å². The smallest absolute Gasteiger partial charge is 0.366 e. The van der Waals surface area contributed by atoms with Crippen LogP contribution in [0.3, 0.4) is 0 Å². The number of anilines is 2. The van der Waals surface area contributed by atoms with E-state index in [1.165, 1.54) is 37.1 Å². The van der Waals surface area contributed by atoms with Gasteiger partial charge < -0.3 is 16.4 Å². The van der Waals surface area contributed by atoms with Crippen LogP contribution in [0.2, 0.25) is 0 Å². The van der Waals surface area contributed by atoms with Crippen molar-refractivity contribution >= 4 is 29.0 Å². The van der Waals surface area contributed by atoms with Crippen molar-refractivity contribution in [3.05, 3.63) is 77.6 Å². The number of rotatable bonds is 9. The zero-order valence-corrected chi connectivity index (χ0v) is 18.8. The van der Waals surface area contributed by atoms with E-state index in [1.807, 2.05) is 0 Å². The lowest BCUT2D eigenvalue weighted by molar-refractivity contribution is -0.137. The molecule has 2 heterocycles. The van der Waals surface area contributed by atoms with E-state index < -0.39 is 23.1 Å². The summed E-state index contributed by atoms with van der Waals surface area (Å²) in [5.74, 6) is -1.44. The summed E-state index contributed by atoms with van der Waals surface area (Å²) in [7, 11) is 0. The van der Waals surface area contributed by atoms with Gasteiger partial charge in [-0.15, -0.1) is 0 Å². The lowest BCUT2D eigenvalue weighted by Crippen LogP contribution is -2.33. The maximum Gasteiger partial charge on any atom is 0.418 e. The van der Waals surface area contributed by atoms with Crippen LogP contribution in [-0.4, -0.2) is 32.5 Å². The lowest BCUT2D eigenvalue weighted by atomic mass is 9.96. The number of nitrogens with one attached hydrogen (secondary N) is 2. The molecule has 1 aliphatic carbocycles. The van der Waals surface area contributed by atoms with E-state index in [0.717, 1.165) is 6.07 Å². The van der Waals surface area contributed by atoms with Crippen molar-refractivity contribution in [3.8, 4) is 0 Å². The van der Waals surface area contributed by atoms with Gasteiger partial charge in [-0.05, 0) is 43.2 Å². The van der Waals surface area contributed by atoms with Crippen LogP contribution < -0.4 is 16.4 Å². The van der Waals surface area contributed by atoms with Crippen LogP contribution in [0.1, 0.15) is 51.2 Å². The standard InChI is InChI=1S/C24H21F3N6O3/c25-24(26,27)18-7-14(21(28)35)1-4-19(18)33-17-3-2-16(31-12-17)11-32-22(36)23(5-6-23)8-20(34)15-9-29-13-30-10-15/h1-4,7,9-10,12-13,33H,5-6,8,11H2,(H2,28,35)(H,32,36). The Morgan fingerprint density at radius 1 is 1.00 bits per heavy atom. The van der Waals surface area contributed by atoms with Crippen molar-refractivity contribution in [1.82, 2.24) is 20.3 Å². The van der Waals surface area contributed by atoms with Crippen molar-refractivity contribution in [3.63, 3.8) is 0 Å². The number of carbonyl (C=O) groups excluding carboxylic acids is 3. The van der Waals surface area contributed by atoms with Crippen molar-refractivity contribution in [2.45, 2.75) is 32.0 Å². The van der Waals surface area contributed by atoms with Gasteiger partial charge in [0, 0.05) is 24.4 Å². The molecule has 1 saturated carbocycles. The number of nitrogens with zero attached hydrogens (tertiary/aromatic N) is 3. The highest BCUT2D eigenvalue weighted by molar-refractivity contribution is 6.00. The van der Waals surface area contributed by atoms with Crippen LogP contribution in [0.25, 0.3) is 0 Å². The number of ketones is 1. The predicted molar refractivity (Wildman–Crippen MR) is 122 cm³/mol. The van der Waals surface area contributed by atoms with Crippen LogP contribution in [0.5, 0.6) is 0 Å². The molecule has 4 N–H and O–H groups in total. The zero-order chi connectivity index (χ0) is 25.9. The third-order valence-electron chi connectivity index (χ3n) is 5.86. The third-order valence-corrected chi connectivity index (χ3v) is 5.86. The molecule has 4 rings (SSSR count). The van der Waals surface area contributed by atoms with Gasteiger partial charge in [0.15, 0.2) is 5.78 Å². The van der Waals surface area contributed by atoms with Crippen LogP contribution in [-0.2, 0) is 17.5 Å². The van der Waals surface area contributed by atoms with Crippen LogP contribution >= 0.6 is 0 Å². The van der Waals surface area contributed by atoms with E-state index in [9.17, 15) is 27.6 Å². The van der Waals surface area contributed by atoms with E-state index in [2.05, 4.69) is 25.6 Å². The zero-order valence-electron chi connectivity index (χ0n) is 18.8. The Morgan fingerprint density at radius 3 is 2.31 bits per heavy atom. The highest BCUT2D eigenvalue weighted by Gasteiger charge is 2.51. The molecular formula is C24H21F3N6O3. The molecule has 2 aromatic heterocycles. The number of hydrogen-bond donors (Lipinski definition) is 3. The Balaban J connectivity index is 1.37. The number of Topliss-reactive ketones (excluding diaryl/α,β-unsaturated/α-hetero) is 1. The monoisotopic (exact) mass is 498 g/mol. The Hall–Kier alpha value is -4.35. The van der Waals surface area contributed by atoms with Gasteiger partial charge in [0.2, 0.25) is 11.8 Å². The molecule has 1 aromatic carbocycles. The number of nitrogens with two attached hydrogens (primary N) is 1. The second kappa shape index (κ2) is 9.72. The molecule has 0 aliphatic heterocycles. The van der Waals surface area contributed by atoms with E-state index >= 15 is 0 Å². The quantitative estimate of drug-likeness (QED) is 0.384. The third kappa shape index (κ3) is 5.65. The minimum Gasteiger partial charge on any atom is -0.366 e. The normalized spacial score (nSPS) is 14.1. The number of primary amides is 1. The molecule has 1 fully saturated rings. The molecule has 186 valence electrons. The number of amides is 2. The molecule has 1 aliphatic rings. The summed E-state index contributed by atoms with van der Waals surface area (Å²) in [5.41, 5.74) is 3.86. The maximum atomic E-state index is 13.4. The van der Waals surface area contributed by atoms with Gasteiger partial charge in [0.25, 0.3) is 0 Å². The average molecular weight is 498 g/mol. The topological polar surface area (TPSA) is 140 Å². The molecule has 0 bridgehead atoms. The second-order valence-corrected chi connectivity index (χ2v) is 8.48. The van der Waals surface area contributed by atoms with Crippen molar-refractivity contribution in [1.29, 1.82) is 0 Å². The Kier molecular flexibility index (Phi) is 6.69. The molecule has 0 radical (unpaired) electrons.